The average molecular weight is 284 g/mol. The van der Waals surface area contributed by atoms with Gasteiger partial charge in [-0.05, 0) is 13.8 Å². The predicted octanol–water partition coefficient (Wildman–Crippen LogP) is 1.38. The van der Waals surface area contributed by atoms with Gasteiger partial charge in [0.1, 0.15) is 4.88 Å². The Hall–Kier alpha value is -1.52. The fourth-order valence-corrected chi connectivity index (χ4v) is 3.30. The van der Waals surface area contributed by atoms with Crippen molar-refractivity contribution < 1.29 is 14.7 Å². The molecule has 1 rings (SSSR count). The minimum absolute atomic E-state index is 0.182. The second-order valence-corrected chi connectivity index (χ2v) is 5.97. The number of hydrogen-bond donors (Lipinski definition) is 2. The summed E-state index contributed by atoms with van der Waals surface area (Å²) in [5.41, 5.74) is 0.464. The summed E-state index contributed by atoms with van der Waals surface area (Å²) in [7, 11) is 0. The van der Waals surface area contributed by atoms with Crippen LogP contribution in [0.1, 0.15) is 22.3 Å². The van der Waals surface area contributed by atoms with Crippen molar-refractivity contribution in [2.75, 3.05) is 6.54 Å². The Morgan fingerprint density at radius 3 is 2.83 bits per heavy atom. The van der Waals surface area contributed by atoms with Gasteiger partial charge in [0.2, 0.25) is 5.91 Å². The van der Waals surface area contributed by atoms with Gasteiger partial charge in [-0.1, -0.05) is 17.7 Å². The number of thioether (sulfide) groups is 1. The molecule has 0 aromatic carbocycles. The summed E-state index contributed by atoms with van der Waals surface area (Å²) in [6.07, 6.45) is 5.04. The highest BCUT2D eigenvalue weighted by molar-refractivity contribution is 8.02. The Balaban J connectivity index is 2.68. The molecule has 0 saturated carbocycles. The molecule has 1 heterocycles. The SMILES string of the molecule is C#CCNC(=O)C(C)Sc1nc(C)c(C(=O)O)s1. The lowest BCUT2D eigenvalue weighted by atomic mass is 10.4. The molecule has 7 heteroatoms. The van der Waals surface area contributed by atoms with Crippen LogP contribution in [0, 0.1) is 19.3 Å². The van der Waals surface area contributed by atoms with E-state index < -0.39 is 5.97 Å². The number of carboxylic acid groups (broad SMARTS) is 1. The number of carbonyl (C=O) groups is 2. The van der Waals surface area contributed by atoms with E-state index >= 15 is 0 Å². The summed E-state index contributed by atoms with van der Waals surface area (Å²) in [6, 6.07) is 0. The number of carbonyl (C=O) groups excluding carboxylic acids is 1. The van der Waals surface area contributed by atoms with E-state index in [0.717, 1.165) is 11.3 Å². The highest BCUT2D eigenvalue weighted by atomic mass is 32.2. The lowest BCUT2D eigenvalue weighted by Crippen LogP contribution is -2.30. The fourth-order valence-electron chi connectivity index (χ4n) is 1.11. The van der Waals surface area contributed by atoms with Crippen LogP contribution in [0.2, 0.25) is 0 Å². The molecule has 5 nitrogen and oxygen atoms in total. The molecule has 0 aliphatic carbocycles. The van der Waals surface area contributed by atoms with Gasteiger partial charge in [-0.2, -0.15) is 0 Å². The van der Waals surface area contributed by atoms with E-state index in [9.17, 15) is 9.59 Å². The summed E-state index contributed by atoms with van der Waals surface area (Å²) in [5.74, 6) is 1.12. The zero-order valence-electron chi connectivity index (χ0n) is 9.89. The summed E-state index contributed by atoms with van der Waals surface area (Å²) in [6.45, 7) is 3.53. The Labute approximate surface area is 113 Å². The minimum atomic E-state index is -0.999. The van der Waals surface area contributed by atoms with Crippen LogP contribution in [0.3, 0.4) is 0 Å². The number of aromatic carboxylic acids is 1. The normalized spacial score (nSPS) is 11.6. The smallest absolute Gasteiger partial charge is 0.347 e. The summed E-state index contributed by atoms with van der Waals surface area (Å²) in [4.78, 5) is 26.7. The number of amides is 1. The first-order valence-electron chi connectivity index (χ1n) is 5.04. The Morgan fingerprint density at radius 2 is 2.33 bits per heavy atom. The molecular formula is C11H12N2O3S2. The quantitative estimate of drug-likeness (QED) is 0.631. The summed E-state index contributed by atoms with van der Waals surface area (Å²) in [5, 5.41) is 11.1. The molecule has 0 bridgehead atoms. The summed E-state index contributed by atoms with van der Waals surface area (Å²) >= 11 is 2.29. The summed E-state index contributed by atoms with van der Waals surface area (Å²) < 4.78 is 0.563. The highest BCUT2D eigenvalue weighted by Crippen LogP contribution is 2.30. The van der Waals surface area contributed by atoms with Gasteiger partial charge in [-0.25, -0.2) is 9.78 Å². The van der Waals surface area contributed by atoms with Gasteiger partial charge >= 0.3 is 5.97 Å². The third kappa shape index (κ3) is 3.75. The molecule has 1 atom stereocenters. The number of aromatic nitrogens is 1. The van der Waals surface area contributed by atoms with Crippen molar-refractivity contribution in [1.29, 1.82) is 0 Å². The van der Waals surface area contributed by atoms with Crippen molar-refractivity contribution in [3.8, 4) is 12.3 Å². The Kier molecular flexibility index (Phi) is 5.19. The van der Waals surface area contributed by atoms with Gasteiger partial charge in [0.25, 0.3) is 0 Å². The number of nitrogens with zero attached hydrogens (tertiary/aromatic N) is 1. The molecule has 18 heavy (non-hydrogen) atoms. The molecule has 1 aromatic rings. The van der Waals surface area contributed by atoms with Gasteiger partial charge in [-0.3, -0.25) is 4.79 Å². The van der Waals surface area contributed by atoms with Gasteiger partial charge in [0.05, 0.1) is 17.5 Å². The molecule has 1 unspecified atom stereocenters. The lowest BCUT2D eigenvalue weighted by Gasteiger charge is -2.07. The Bertz CT molecular complexity index is 505. The molecule has 0 radical (unpaired) electrons. The molecule has 96 valence electrons. The molecule has 0 aliphatic rings. The third-order valence-electron chi connectivity index (χ3n) is 1.98. The first-order chi connectivity index (χ1) is 8.45. The van der Waals surface area contributed by atoms with E-state index in [1.807, 2.05) is 0 Å². The first-order valence-corrected chi connectivity index (χ1v) is 6.74. The molecule has 2 N–H and O–H groups in total. The molecule has 1 aromatic heterocycles. The van der Waals surface area contributed by atoms with Crippen molar-refractivity contribution in [2.45, 2.75) is 23.4 Å². The van der Waals surface area contributed by atoms with E-state index in [0.29, 0.717) is 10.0 Å². The fraction of sp³-hybridized carbons (Fsp3) is 0.364. The van der Waals surface area contributed by atoms with Gasteiger partial charge in [0.15, 0.2) is 4.34 Å². The standard InChI is InChI=1S/C11H12N2O3S2/c1-4-5-12-9(14)7(3)17-11-13-6(2)8(18-11)10(15)16/h1,7H,5H2,2-3H3,(H,12,14)(H,15,16). The number of carboxylic acids is 1. The number of thiazole rings is 1. The molecule has 0 fully saturated rings. The van der Waals surface area contributed by atoms with E-state index in [2.05, 4.69) is 16.2 Å². The zero-order chi connectivity index (χ0) is 13.7. The van der Waals surface area contributed by atoms with Crippen LogP contribution in [0.4, 0.5) is 0 Å². The third-order valence-corrected chi connectivity index (χ3v) is 4.32. The van der Waals surface area contributed by atoms with E-state index in [1.165, 1.54) is 11.8 Å². The van der Waals surface area contributed by atoms with E-state index in [1.54, 1.807) is 13.8 Å². The molecular weight excluding hydrogens is 272 g/mol. The van der Waals surface area contributed by atoms with Crippen LogP contribution < -0.4 is 5.32 Å². The second-order valence-electron chi connectivity index (χ2n) is 3.38. The van der Waals surface area contributed by atoms with Crippen LogP contribution in [0.25, 0.3) is 0 Å². The molecule has 0 spiro atoms. The molecule has 0 saturated heterocycles. The lowest BCUT2D eigenvalue weighted by molar-refractivity contribution is -0.120. The number of hydrogen-bond acceptors (Lipinski definition) is 5. The van der Waals surface area contributed by atoms with Crippen molar-refractivity contribution in [2.24, 2.45) is 0 Å². The minimum Gasteiger partial charge on any atom is -0.477 e. The van der Waals surface area contributed by atoms with E-state index in [4.69, 9.17) is 11.5 Å². The number of rotatable bonds is 5. The second kappa shape index (κ2) is 6.42. The monoisotopic (exact) mass is 284 g/mol. The molecule has 1 amide bonds. The average Bonchev–Trinajstić information content (AvgIpc) is 2.67. The first kappa shape index (κ1) is 14.5. The number of nitrogens with one attached hydrogen (secondary N) is 1. The number of terminal acetylenes is 1. The van der Waals surface area contributed by atoms with Crippen molar-refractivity contribution >= 4 is 35.0 Å². The van der Waals surface area contributed by atoms with E-state index in [-0.39, 0.29) is 22.6 Å². The van der Waals surface area contributed by atoms with Crippen LogP contribution in [0.15, 0.2) is 4.34 Å². The van der Waals surface area contributed by atoms with Crippen molar-refractivity contribution in [3.05, 3.63) is 10.6 Å². The van der Waals surface area contributed by atoms with Crippen LogP contribution in [-0.4, -0.2) is 33.8 Å². The zero-order valence-corrected chi connectivity index (χ0v) is 11.5. The van der Waals surface area contributed by atoms with Crippen LogP contribution in [-0.2, 0) is 4.79 Å². The van der Waals surface area contributed by atoms with Crippen LogP contribution >= 0.6 is 23.1 Å². The predicted molar refractivity (Wildman–Crippen MR) is 71.0 cm³/mol. The Morgan fingerprint density at radius 1 is 1.67 bits per heavy atom. The topological polar surface area (TPSA) is 79.3 Å². The van der Waals surface area contributed by atoms with Crippen molar-refractivity contribution in [1.82, 2.24) is 10.3 Å². The molecule has 0 aliphatic heterocycles. The van der Waals surface area contributed by atoms with Crippen molar-refractivity contribution in [3.63, 3.8) is 0 Å². The van der Waals surface area contributed by atoms with Gasteiger partial charge in [-0.15, -0.1) is 17.8 Å². The highest BCUT2D eigenvalue weighted by Gasteiger charge is 2.19. The maximum absolute atomic E-state index is 11.6. The van der Waals surface area contributed by atoms with Gasteiger partial charge in [0, 0.05) is 0 Å². The number of aryl methyl sites for hydroxylation is 1. The maximum Gasteiger partial charge on any atom is 0.347 e. The van der Waals surface area contributed by atoms with Crippen LogP contribution in [0.5, 0.6) is 0 Å². The van der Waals surface area contributed by atoms with Gasteiger partial charge < -0.3 is 10.4 Å². The largest absolute Gasteiger partial charge is 0.477 e. The maximum atomic E-state index is 11.6.